The second-order valence-corrected chi connectivity index (χ2v) is 1.56. The number of aliphatic carboxylic acids is 2. The van der Waals surface area contributed by atoms with Crippen LogP contribution in [0.4, 0.5) is 0 Å². The van der Waals surface area contributed by atoms with E-state index in [1.807, 2.05) is 6.92 Å². The maximum Gasteiger partial charge on any atom is 0.414 e. The Morgan fingerprint density at radius 3 is 1.67 bits per heavy atom. The van der Waals surface area contributed by atoms with Crippen LogP contribution in [-0.4, -0.2) is 33.2 Å². The summed E-state index contributed by atoms with van der Waals surface area (Å²) in [7, 11) is 0. The van der Waals surface area contributed by atoms with Gasteiger partial charge < -0.3 is 21.2 Å². The van der Waals surface area contributed by atoms with Crippen molar-refractivity contribution in [3.05, 3.63) is 0 Å². The van der Waals surface area contributed by atoms with Crippen molar-refractivity contribution < 1.29 is 25.0 Å². The van der Waals surface area contributed by atoms with E-state index < -0.39 is 11.9 Å². The number of oxime groups is 1. The highest BCUT2D eigenvalue weighted by atomic mass is 16.4. The molecule has 0 rings (SSSR count). The number of hydrogen-bond acceptors (Lipinski definition) is 4. The Bertz CT molecular complexity index is 176. The van der Waals surface area contributed by atoms with Crippen LogP contribution in [0.15, 0.2) is 5.16 Å². The Labute approximate surface area is 68.1 Å². The van der Waals surface area contributed by atoms with E-state index in [4.69, 9.17) is 30.7 Å². The van der Waals surface area contributed by atoms with E-state index in [0.717, 1.165) is 0 Å². The van der Waals surface area contributed by atoms with Crippen molar-refractivity contribution in [2.45, 2.75) is 13.3 Å². The number of amidine groups is 1. The first-order chi connectivity index (χ1) is 5.45. The van der Waals surface area contributed by atoms with Crippen LogP contribution in [0.3, 0.4) is 0 Å². The lowest BCUT2D eigenvalue weighted by molar-refractivity contribution is -0.159. The Kier molecular flexibility index (Phi) is 7.84. The lowest BCUT2D eigenvalue weighted by Gasteiger charge is -1.82. The molecular formula is C5H10N2O5. The molecule has 12 heavy (non-hydrogen) atoms. The van der Waals surface area contributed by atoms with Gasteiger partial charge >= 0.3 is 11.9 Å². The Hall–Kier alpha value is -1.79. The molecule has 0 aromatic carbocycles. The predicted molar refractivity (Wildman–Crippen MR) is 39.0 cm³/mol. The molecule has 0 saturated heterocycles. The standard InChI is InChI=1S/C3H8N2O.C2H2O4/c1-2-3(4)5-6;3-1(4)2(5)6/h6H,2H2,1H3,(H2,4,5);(H,3,4)(H,5,6). The molecule has 0 aromatic heterocycles. The zero-order chi connectivity index (χ0) is 10.1. The lowest BCUT2D eigenvalue weighted by Crippen LogP contribution is -2.09. The van der Waals surface area contributed by atoms with Gasteiger partial charge in [-0.3, -0.25) is 0 Å². The first-order valence-electron chi connectivity index (χ1n) is 2.88. The molecule has 0 amide bonds. The third-order valence-electron chi connectivity index (χ3n) is 0.674. The molecule has 70 valence electrons. The van der Waals surface area contributed by atoms with E-state index in [1.54, 1.807) is 0 Å². The molecule has 0 atom stereocenters. The number of carbonyl (C=O) groups is 2. The zero-order valence-electron chi connectivity index (χ0n) is 6.39. The van der Waals surface area contributed by atoms with Gasteiger partial charge in [-0.2, -0.15) is 0 Å². The maximum atomic E-state index is 9.10. The molecule has 0 aliphatic rings. The van der Waals surface area contributed by atoms with Crippen LogP contribution < -0.4 is 5.73 Å². The van der Waals surface area contributed by atoms with Crippen LogP contribution in [0.5, 0.6) is 0 Å². The van der Waals surface area contributed by atoms with Gasteiger partial charge in [-0.1, -0.05) is 12.1 Å². The van der Waals surface area contributed by atoms with Crippen molar-refractivity contribution in [3.8, 4) is 0 Å². The third kappa shape index (κ3) is 11.1. The highest BCUT2D eigenvalue weighted by Gasteiger charge is 2.04. The summed E-state index contributed by atoms with van der Waals surface area (Å²) in [5, 5.41) is 25.3. The fourth-order valence-corrected chi connectivity index (χ4v) is 0.0707. The third-order valence-corrected chi connectivity index (χ3v) is 0.674. The summed E-state index contributed by atoms with van der Waals surface area (Å²) in [5.74, 6) is -3.37. The van der Waals surface area contributed by atoms with Crippen LogP contribution in [0.1, 0.15) is 13.3 Å². The number of rotatable bonds is 1. The highest BCUT2D eigenvalue weighted by Crippen LogP contribution is 1.70. The topological polar surface area (TPSA) is 133 Å². The molecule has 7 nitrogen and oxygen atoms in total. The average Bonchev–Trinajstić information content (AvgIpc) is 2.04. The Balaban J connectivity index is 0. The van der Waals surface area contributed by atoms with Gasteiger partial charge in [0.25, 0.3) is 0 Å². The zero-order valence-corrected chi connectivity index (χ0v) is 6.39. The Morgan fingerprint density at radius 1 is 1.33 bits per heavy atom. The molecule has 0 saturated carbocycles. The first-order valence-corrected chi connectivity index (χ1v) is 2.88. The van der Waals surface area contributed by atoms with Gasteiger partial charge in [0.2, 0.25) is 0 Å². The smallest absolute Gasteiger partial charge is 0.414 e. The SMILES string of the molecule is CCC(N)=NO.O=C(O)C(=O)O. The highest BCUT2D eigenvalue weighted by molar-refractivity contribution is 6.27. The molecule has 0 fully saturated rings. The van der Waals surface area contributed by atoms with Crippen LogP contribution in [0.25, 0.3) is 0 Å². The molecule has 7 heteroatoms. The van der Waals surface area contributed by atoms with Crippen molar-refractivity contribution in [2.75, 3.05) is 0 Å². The summed E-state index contributed by atoms with van der Waals surface area (Å²) < 4.78 is 0. The molecule has 0 aliphatic heterocycles. The first kappa shape index (κ1) is 12.8. The summed E-state index contributed by atoms with van der Waals surface area (Å²) in [6.45, 7) is 1.81. The maximum absolute atomic E-state index is 9.10. The van der Waals surface area contributed by atoms with E-state index in [2.05, 4.69) is 5.16 Å². The summed E-state index contributed by atoms with van der Waals surface area (Å²) in [5.41, 5.74) is 4.97. The van der Waals surface area contributed by atoms with Crippen molar-refractivity contribution in [1.29, 1.82) is 0 Å². The minimum Gasteiger partial charge on any atom is -0.473 e. The van der Waals surface area contributed by atoms with E-state index in [-0.39, 0.29) is 5.84 Å². The van der Waals surface area contributed by atoms with E-state index in [1.165, 1.54) is 0 Å². The van der Waals surface area contributed by atoms with E-state index >= 15 is 0 Å². The fraction of sp³-hybridized carbons (Fsp3) is 0.400. The molecular weight excluding hydrogens is 168 g/mol. The summed E-state index contributed by atoms with van der Waals surface area (Å²) in [4.78, 5) is 18.2. The molecule has 0 radical (unpaired) electrons. The number of hydrogen-bond donors (Lipinski definition) is 4. The van der Waals surface area contributed by atoms with E-state index in [9.17, 15) is 0 Å². The quantitative estimate of drug-likeness (QED) is 0.138. The second kappa shape index (κ2) is 7.32. The minimum atomic E-state index is -1.82. The minimum absolute atomic E-state index is 0.273. The lowest BCUT2D eigenvalue weighted by atomic mass is 10.5. The van der Waals surface area contributed by atoms with Crippen LogP contribution in [0, 0.1) is 0 Å². The normalized spacial score (nSPS) is 9.58. The van der Waals surface area contributed by atoms with Crippen molar-refractivity contribution in [3.63, 3.8) is 0 Å². The Morgan fingerprint density at radius 2 is 1.67 bits per heavy atom. The van der Waals surface area contributed by atoms with E-state index in [0.29, 0.717) is 6.42 Å². The summed E-state index contributed by atoms with van der Waals surface area (Å²) in [6, 6.07) is 0. The van der Waals surface area contributed by atoms with Gasteiger partial charge in [0.05, 0.1) is 0 Å². The largest absolute Gasteiger partial charge is 0.473 e. The van der Waals surface area contributed by atoms with Crippen LogP contribution in [0.2, 0.25) is 0 Å². The predicted octanol–water partition coefficient (Wildman–Crippen LogP) is -0.702. The number of nitrogens with two attached hydrogens (primary N) is 1. The summed E-state index contributed by atoms with van der Waals surface area (Å²) in [6.07, 6.45) is 0.608. The molecule has 0 aliphatic carbocycles. The van der Waals surface area contributed by atoms with Gasteiger partial charge in [0.15, 0.2) is 0 Å². The number of carboxylic acid groups (broad SMARTS) is 2. The molecule has 0 bridgehead atoms. The van der Waals surface area contributed by atoms with Crippen molar-refractivity contribution in [2.24, 2.45) is 10.9 Å². The van der Waals surface area contributed by atoms with Crippen molar-refractivity contribution >= 4 is 17.8 Å². The summed E-state index contributed by atoms with van der Waals surface area (Å²) >= 11 is 0. The van der Waals surface area contributed by atoms with Gasteiger partial charge in [-0.15, -0.1) is 0 Å². The monoisotopic (exact) mass is 178 g/mol. The van der Waals surface area contributed by atoms with Crippen LogP contribution >= 0.6 is 0 Å². The average molecular weight is 178 g/mol. The van der Waals surface area contributed by atoms with Crippen LogP contribution in [-0.2, 0) is 9.59 Å². The molecule has 0 aromatic rings. The molecule has 5 N–H and O–H groups in total. The van der Waals surface area contributed by atoms with Crippen molar-refractivity contribution in [1.82, 2.24) is 0 Å². The van der Waals surface area contributed by atoms with Gasteiger partial charge in [-0.05, 0) is 0 Å². The number of carboxylic acids is 2. The molecule has 0 heterocycles. The second-order valence-electron chi connectivity index (χ2n) is 1.56. The molecule has 0 unspecified atom stereocenters. The molecule has 0 spiro atoms. The van der Waals surface area contributed by atoms with Gasteiger partial charge in [-0.25, -0.2) is 9.59 Å². The number of nitrogens with zero attached hydrogens (tertiary/aromatic N) is 1. The van der Waals surface area contributed by atoms with Gasteiger partial charge in [0, 0.05) is 6.42 Å². The van der Waals surface area contributed by atoms with Gasteiger partial charge in [0.1, 0.15) is 5.84 Å². The fourth-order valence-electron chi connectivity index (χ4n) is 0.0707.